The lowest BCUT2D eigenvalue weighted by Gasteiger charge is -2.06. The fourth-order valence-corrected chi connectivity index (χ4v) is 3.85. The van der Waals surface area contributed by atoms with Gasteiger partial charge in [-0.2, -0.15) is 0 Å². The molecule has 0 unspecified atom stereocenters. The molecule has 7 heteroatoms. The molecule has 0 spiro atoms. The van der Waals surface area contributed by atoms with Crippen molar-refractivity contribution in [3.63, 3.8) is 0 Å². The third-order valence-corrected chi connectivity index (χ3v) is 5.29. The van der Waals surface area contributed by atoms with E-state index in [2.05, 4.69) is 0 Å². The van der Waals surface area contributed by atoms with Gasteiger partial charge in [-0.05, 0) is 42.8 Å². The van der Waals surface area contributed by atoms with Crippen LogP contribution in [0.3, 0.4) is 0 Å². The molecule has 0 saturated heterocycles. The number of hydrogen-bond donors (Lipinski definition) is 0. The first-order valence-corrected chi connectivity index (χ1v) is 9.71. The van der Waals surface area contributed by atoms with Crippen LogP contribution in [0.2, 0.25) is 0 Å². The topological polar surface area (TPSA) is 61.8 Å². The van der Waals surface area contributed by atoms with Gasteiger partial charge in [0.05, 0.1) is 13.7 Å². The van der Waals surface area contributed by atoms with E-state index in [0.717, 1.165) is 16.9 Å². The Morgan fingerprint density at radius 3 is 2.55 bits per heavy atom. The van der Waals surface area contributed by atoms with Crippen molar-refractivity contribution in [2.45, 2.75) is 13.5 Å². The first kappa shape index (κ1) is 20.5. The molecule has 5 nitrogen and oxygen atoms in total. The maximum absolute atomic E-state index is 14.4. The zero-order chi connectivity index (χ0) is 20.8. The summed E-state index contributed by atoms with van der Waals surface area (Å²) in [6.07, 6.45) is 2.87. The predicted octanol–water partition coefficient (Wildman–Crippen LogP) is 4.98. The van der Waals surface area contributed by atoms with Crippen LogP contribution in [0.4, 0.5) is 4.39 Å². The largest absolute Gasteiger partial charge is 0.497 e. The Hall–Kier alpha value is -3.19. The average molecular weight is 414 g/mol. The van der Waals surface area contributed by atoms with Crippen LogP contribution in [0.25, 0.3) is 16.2 Å². The predicted molar refractivity (Wildman–Crippen MR) is 110 cm³/mol. The molecule has 0 amide bonds. The summed E-state index contributed by atoms with van der Waals surface area (Å²) in [5.74, 6) is -0.934. The van der Waals surface area contributed by atoms with Crippen LogP contribution in [0, 0.1) is 5.82 Å². The second-order valence-corrected chi connectivity index (χ2v) is 7.01. The quantitative estimate of drug-likeness (QED) is 0.403. The summed E-state index contributed by atoms with van der Waals surface area (Å²) in [5.41, 5.74) is 1.11. The molecule has 1 heterocycles. The standard InChI is InChI=1S/C22H19FO5S/c1-3-27-22(25)21-16(20-17(23)5-4-6-18(20)29-21)13-28-19(24)12-9-14-7-10-15(26-2)11-8-14/h4-12H,3,13H2,1-2H3/b12-9+. The van der Waals surface area contributed by atoms with Gasteiger partial charge in [-0.25, -0.2) is 14.0 Å². The van der Waals surface area contributed by atoms with E-state index in [9.17, 15) is 14.0 Å². The Bertz CT molecular complexity index is 1050. The zero-order valence-corrected chi connectivity index (χ0v) is 16.8. The molecule has 0 saturated carbocycles. The molecule has 1 aromatic heterocycles. The summed E-state index contributed by atoms with van der Waals surface area (Å²) >= 11 is 1.12. The fourth-order valence-electron chi connectivity index (χ4n) is 2.74. The number of carbonyl (C=O) groups excluding carboxylic acids is 2. The molecule has 0 fully saturated rings. The van der Waals surface area contributed by atoms with Crippen LogP contribution in [0.1, 0.15) is 27.7 Å². The van der Waals surface area contributed by atoms with Crippen molar-refractivity contribution in [2.75, 3.05) is 13.7 Å². The molecule has 0 bridgehead atoms. The summed E-state index contributed by atoms with van der Waals surface area (Å²) in [4.78, 5) is 24.6. The molecule has 150 valence electrons. The van der Waals surface area contributed by atoms with Gasteiger partial charge in [-0.3, -0.25) is 0 Å². The normalized spacial score (nSPS) is 11.0. The van der Waals surface area contributed by atoms with E-state index in [4.69, 9.17) is 14.2 Å². The van der Waals surface area contributed by atoms with Crippen molar-refractivity contribution in [1.29, 1.82) is 0 Å². The van der Waals surface area contributed by atoms with Gasteiger partial charge in [0.25, 0.3) is 0 Å². The van der Waals surface area contributed by atoms with E-state index in [-0.39, 0.29) is 23.5 Å². The Morgan fingerprint density at radius 1 is 1.10 bits per heavy atom. The van der Waals surface area contributed by atoms with Crippen molar-refractivity contribution < 1.29 is 28.2 Å². The van der Waals surface area contributed by atoms with E-state index < -0.39 is 17.8 Å². The van der Waals surface area contributed by atoms with Crippen molar-refractivity contribution in [3.05, 3.63) is 70.4 Å². The minimum atomic E-state index is -0.605. The van der Waals surface area contributed by atoms with Crippen LogP contribution < -0.4 is 4.74 Å². The molecule has 0 N–H and O–H groups in total. The smallest absolute Gasteiger partial charge is 0.348 e. The van der Waals surface area contributed by atoms with Crippen LogP contribution in [0.5, 0.6) is 5.75 Å². The van der Waals surface area contributed by atoms with Crippen LogP contribution in [-0.4, -0.2) is 25.7 Å². The van der Waals surface area contributed by atoms with Crippen molar-refractivity contribution in [2.24, 2.45) is 0 Å². The van der Waals surface area contributed by atoms with Gasteiger partial charge >= 0.3 is 11.9 Å². The Kier molecular flexibility index (Phi) is 6.61. The fraction of sp³-hybridized carbons (Fsp3) is 0.182. The number of benzene rings is 2. The number of carbonyl (C=O) groups is 2. The minimum Gasteiger partial charge on any atom is -0.497 e. The second kappa shape index (κ2) is 9.34. The number of esters is 2. The van der Waals surface area contributed by atoms with E-state index >= 15 is 0 Å². The lowest BCUT2D eigenvalue weighted by molar-refractivity contribution is -0.138. The van der Waals surface area contributed by atoms with E-state index in [1.54, 1.807) is 56.5 Å². The second-order valence-electron chi connectivity index (χ2n) is 5.96. The molecule has 29 heavy (non-hydrogen) atoms. The highest BCUT2D eigenvalue weighted by Crippen LogP contribution is 2.34. The SMILES string of the molecule is CCOC(=O)c1sc2cccc(F)c2c1COC(=O)/C=C/c1ccc(OC)cc1. The number of hydrogen-bond acceptors (Lipinski definition) is 6. The van der Waals surface area contributed by atoms with Crippen molar-refractivity contribution >= 4 is 39.4 Å². The van der Waals surface area contributed by atoms with Crippen LogP contribution >= 0.6 is 11.3 Å². The summed E-state index contributed by atoms with van der Waals surface area (Å²) in [6, 6.07) is 11.7. The first-order valence-electron chi connectivity index (χ1n) is 8.89. The maximum atomic E-state index is 14.4. The lowest BCUT2D eigenvalue weighted by Crippen LogP contribution is -2.08. The molecule has 3 aromatic rings. The Labute approximate surface area is 171 Å². The maximum Gasteiger partial charge on any atom is 0.348 e. The van der Waals surface area contributed by atoms with E-state index in [1.165, 1.54) is 12.1 Å². The third kappa shape index (κ3) is 4.81. The number of fused-ring (bicyclic) bond motifs is 1. The van der Waals surface area contributed by atoms with E-state index in [1.807, 2.05) is 0 Å². The van der Waals surface area contributed by atoms with Gasteiger partial charge in [0, 0.05) is 21.7 Å². The van der Waals surface area contributed by atoms with Crippen LogP contribution in [-0.2, 0) is 20.9 Å². The van der Waals surface area contributed by atoms with Crippen molar-refractivity contribution in [3.8, 4) is 5.75 Å². The summed E-state index contributed by atoms with van der Waals surface area (Å²) in [7, 11) is 1.57. The molecule has 0 atom stereocenters. The molecular formula is C22H19FO5S. The van der Waals surface area contributed by atoms with Gasteiger partial charge in [0.15, 0.2) is 0 Å². The molecular weight excluding hydrogens is 395 g/mol. The molecule has 0 aliphatic rings. The zero-order valence-electron chi connectivity index (χ0n) is 15.9. The highest BCUT2D eigenvalue weighted by molar-refractivity contribution is 7.21. The number of thiophene rings is 1. The van der Waals surface area contributed by atoms with Gasteiger partial charge in [0.1, 0.15) is 23.1 Å². The molecule has 0 radical (unpaired) electrons. The summed E-state index contributed by atoms with van der Waals surface area (Å²) in [6.45, 7) is 1.65. The van der Waals surface area contributed by atoms with Gasteiger partial charge in [0.2, 0.25) is 0 Å². The highest BCUT2D eigenvalue weighted by Gasteiger charge is 2.22. The Balaban J connectivity index is 1.78. The number of rotatable bonds is 7. The number of methoxy groups -OCH3 is 1. The van der Waals surface area contributed by atoms with Gasteiger partial charge < -0.3 is 14.2 Å². The van der Waals surface area contributed by atoms with Crippen LogP contribution in [0.15, 0.2) is 48.5 Å². The monoisotopic (exact) mass is 414 g/mol. The molecule has 0 aliphatic heterocycles. The van der Waals surface area contributed by atoms with Gasteiger partial charge in [-0.1, -0.05) is 18.2 Å². The third-order valence-electron chi connectivity index (χ3n) is 4.11. The van der Waals surface area contributed by atoms with E-state index in [0.29, 0.717) is 16.0 Å². The lowest BCUT2D eigenvalue weighted by atomic mass is 10.1. The first-order chi connectivity index (χ1) is 14.0. The summed E-state index contributed by atoms with van der Waals surface area (Å²) < 4.78 is 30.3. The average Bonchev–Trinajstić information content (AvgIpc) is 3.11. The molecule has 3 rings (SSSR count). The summed E-state index contributed by atoms with van der Waals surface area (Å²) in [5, 5.41) is 0.271. The number of ether oxygens (including phenoxy) is 3. The highest BCUT2D eigenvalue weighted by atomic mass is 32.1. The Morgan fingerprint density at radius 2 is 1.86 bits per heavy atom. The van der Waals surface area contributed by atoms with Crippen molar-refractivity contribution in [1.82, 2.24) is 0 Å². The van der Waals surface area contributed by atoms with Gasteiger partial charge in [-0.15, -0.1) is 11.3 Å². The minimum absolute atomic E-state index is 0.194. The molecule has 2 aromatic carbocycles. The number of halogens is 1. The molecule has 0 aliphatic carbocycles.